The lowest BCUT2D eigenvalue weighted by atomic mass is 10.1. The average Bonchev–Trinajstić information content (AvgIpc) is 3.44. The Balaban J connectivity index is 1.56. The Morgan fingerprint density at radius 1 is 1.07 bits per heavy atom. The molecule has 1 aliphatic heterocycles. The lowest BCUT2D eigenvalue weighted by molar-refractivity contribution is -0.136. The van der Waals surface area contributed by atoms with Crippen LogP contribution in [0.1, 0.15) is 48.1 Å². The van der Waals surface area contributed by atoms with E-state index in [-0.39, 0.29) is 5.92 Å². The van der Waals surface area contributed by atoms with Crippen molar-refractivity contribution in [1.82, 2.24) is 19.2 Å². The molecule has 1 amide bonds. The number of carbonyl (C=O) groups excluding carboxylic acids is 1. The largest absolute Gasteiger partial charge is 0.332 e. The quantitative estimate of drug-likeness (QED) is 0.685. The van der Waals surface area contributed by atoms with Gasteiger partial charge in [0.25, 0.3) is 0 Å². The molecule has 0 bridgehead atoms. The molecule has 2 aromatic heterocycles. The number of aryl methyl sites for hydroxylation is 2. The molecule has 28 heavy (non-hydrogen) atoms. The molecule has 0 radical (unpaired) electrons. The van der Waals surface area contributed by atoms with Crippen molar-refractivity contribution in [2.75, 3.05) is 0 Å². The van der Waals surface area contributed by atoms with Crippen molar-refractivity contribution < 1.29 is 4.79 Å². The zero-order valence-corrected chi connectivity index (χ0v) is 16.6. The van der Waals surface area contributed by atoms with Gasteiger partial charge in [-0.15, -0.1) is 0 Å². The van der Waals surface area contributed by atoms with Gasteiger partial charge >= 0.3 is 0 Å². The van der Waals surface area contributed by atoms with E-state index in [9.17, 15) is 4.79 Å². The van der Waals surface area contributed by atoms with Gasteiger partial charge in [-0.2, -0.15) is 5.10 Å². The van der Waals surface area contributed by atoms with E-state index in [1.807, 2.05) is 17.0 Å². The molecule has 3 aromatic rings. The third kappa shape index (κ3) is 2.77. The molecule has 0 atom stereocenters. The molecule has 5 heteroatoms. The fourth-order valence-electron chi connectivity index (χ4n) is 4.74. The van der Waals surface area contributed by atoms with Gasteiger partial charge in [0.2, 0.25) is 5.91 Å². The molecule has 1 fully saturated rings. The summed E-state index contributed by atoms with van der Waals surface area (Å²) < 4.78 is 4.17. The smallest absolute Gasteiger partial charge is 0.226 e. The van der Waals surface area contributed by atoms with Gasteiger partial charge in [-0.05, 0) is 50.5 Å². The molecule has 3 heterocycles. The summed E-state index contributed by atoms with van der Waals surface area (Å²) in [6.45, 7) is 5.52. The van der Waals surface area contributed by atoms with Crippen LogP contribution >= 0.6 is 0 Å². The van der Waals surface area contributed by atoms with Crippen molar-refractivity contribution in [3.8, 4) is 11.5 Å². The number of hydrogen-bond donors (Lipinski definition) is 0. The predicted octanol–water partition coefficient (Wildman–Crippen LogP) is 4.31. The SMILES string of the molecule is Cc1ccc(-n2nc3c(c2-n2cccc2)CN(C(=O)C2CCCC2)C3)c(C)c1. The van der Waals surface area contributed by atoms with E-state index in [4.69, 9.17) is 5.10 Å². The van der Waals surface area contributed by atoms with Gasteiger partial charge in [0.05, 0.1) is 24.5 Å². The lowest BCUT2D eigenvalue weighted by Gasteiger charge is -2.21. The highest BCUT2D eigenvalue weighted by Gasteiger charge is 2.35. The number of amides is 1. The van der Waals surface area contributed by atoms with Crippen LogP contribution in [0.3, 0.4) is 0 Å². The summed E-state index contributed by atoms with van der Waals surface area (Å²) in [6.07, 6.45) is 8.56. The third-order valence-electron chi connectivity index (χ3n) is 6.17. The van der Waals surface area contributed by atoms with Crippen LogP contribution in [0.5, 0.6) is 0 Å². The monoisotopic (exact) mass is 374 g/mol. The van der Waals surface area contributed by atoms with Crippen molar-refractivity contribution in [2.45, 2.75) is 52.6 Å². The first-order valence-corrected chi connectivity index (χ1v) is 10.2. The number of aromatic nitrogens is 3. The first-order valence-electron chi connectivity index (χ1n) is 10.2. The van der Waals surface area contributed by atoms with Gasteiger partial charge in [0.1, 0.15) is 5.82 Å². The summed E-state index contributed by atoms with van der Waals surface area (Å²) in [4.78, 5) is 14.9. The standard InChI is InChI=1S/C23H26N4O/c1-16-9-10-21(17(2)13-16)27-22(25-11-5-6-12-25)19-14-26(15-20(19)24-27)23(28)18-7-3-4-8-18/h5-6,9-13,18H,3-4,7-8,14-15H2,1-2H3. The zero-order chi connectivity index (χ0) is 19.3. The number of carbonyl (C=O) groups is 1. The van der Waals surface area contributed by atoms with E-state index in [1.165, 1.54) is 29.5 Å². The topological polar surface area (TPSA) is 43.1 Å². The first kappa shape index (κ1) is 17.3. The van der Waals surface area contributed by atoms with Crippen LogP contribution in [0, 0.1) is 19.8 Å². The van der Waals surface area contributed by atoms with Crippen LogP contribution in [0.2, 0.25) is 0 Å². The van der Waals surface area contributed by atoms with E-state index < -0.39 is 0 Å². The summed E-state index contributed by atoms with van der Waals surface area (Å²) in [6, 6.07) is 10.5. The maximum atomic E-state index is 12.9. The highest BCUT2D eigenvalue weighted by atomic mass is 16.2. The van der Waals surface area contributed by atoms with Crippen LogP contribution in [0.4, 0.5) is 0 Å². The van der Waals surface area contributed by atoms with Crippen molar-refractivity contribution in [3.63, 3.8) is 0 Å². The van der Waals surface area contributed by atoms with Gasteiger partial charge < -0.3 is 9.47 Å². The van der Waals surface area contributed by atoms with Gasteiger partial charge in [-0.3, -0.25) is 4.79 Å². The molecular weight excluding hydrogens is 348 g/mol. The van der Waals surface area contributed by atoms with Crippen molar-refractivity contribution in [2.24, 2.45) is 5.92 Å². The zero-order valence-electron chi connectivity index (χ0n) is 16.6. The van der Waals surface area contributed by atoms with Crippen LogP contribution in [-0.4, -0.2) is 25.2 Å². The fourth-order valence-corrected chi connectivity index (χ4v) is 4.74. The average molecular weight is 374 g/mol. The van der Waals surface area contributed by atoms with Gasteiger partial charge in [0.15, 0.2) is 0 Å². The summed E-state index contributed by atoms with van der Waals surface area (Å²) in [5.41, 5.74) is 5.74. The maximum Gasteiger partial charge on any atom is 0.226 e. The molecule has 0 unspecified atom stereocenters. The second-order valence-electron chi connectivity index (χ2n) is 8.22. The maximum absolute atomic E-state index is 12.9. The Bertz CT molecular complexity index is 1030. The number of nitrogens with zero attached hydrogens (tertiary/aromatic N) is 4. The molecule has 0 spiro atoms. The molecule has 2 aliphatic rings. The summed E-state index contributed by atoms with van der Waals surface area (Å²) in [5, 5.41) is 4.97. The third-order valence-corrected chi connectivity index (χ3v) is 6.17. The summed E-state index contributed by atoms with van der Waals surface area (Å²) in [7, 11) is 0. The molecule has 0 saturated heterocycles. The van der Waals surface area contributed by atoms with Gasteiger partial charge in [0, 0.05) is 23.9 Å². The van der Waals surface area contributed by atoms with Crippen LogP contribution in [-0.2, 0) is 17.9 Å². The molecule has 5 nitrogen and oxygen atoms in total. The number of benzene rings is 1. The van der Waals surface area contributed by atoms with Crippen LogP contribution in [0.15, 0.2) is 42.7 Å². The molecule has 1 aromatic carbocycles. The second kappa shape index (κ2) is 6.66. The van der Waals surface area contributed by atoms with Gasteiger partial charge in [-0.25, -0.2) is 4.68 Å². The van der Waals surface area contributed by atoms with E-state index >= 15 is 0 Å². The minimum absolute atomic E-state index is 0.213. The Labute approximate surface area is 165 Å². The minimum atomic E-state index is 0.213. The van der Waals surface area contributed by atoms with E-state index in [2.05, 4.69) is 53.7 Å². The molecule has 0 N–H and O–H groups in total. The number of rotatable bonds is 3. The van der Waals surface area contributed by atoms with E-state index in [0.29, 0.717) is 19.0 Å². The van der Waals surface area contributed by atoms with E-state index in [1.54, 1.807) is 0 Å². The Kier molecular flexibility index (Phi) is 4.11. The minimum Gasteiger partial charge on any atom is -0.332 e. The second-order valence-corrected chi connectivity index (χ2v) is 8.22. The highest BCUT2D eigenvalue weighted by molar-refractivity contribution is 5.80. The molecule has 5 rings (SSSR count). The first-order chi connectivity index (χ1) is 13.6. The predicted molar refractivity (Wildman–Crippen MR) is 109 cm³/mol. The Morgan fingerprint density at radius 3 is 2.54 bits per heavy atom. The number of fused-ring (bicyclic) bond motifs is 1. The van der Waals surface area contributed by atoms with Crippen molar-refractivity contribution >= 4 is 5.91 Å². The molecular formula is C23H26N4O. The molecule has 1 aliphatic carbocycles. The highest BCUT2D eigenvalue weighted by Crippen LogP contribution is 2.34. The summed E-state index contributed by atoms with van der Waals surface area (Å²) >= 11 is 0. The lowest BCUT2D eigenvalue weighted by Crippen LogP contribution is -2.31. The Morgan fingerprint density at radius 2 is 1.82 bits per heavy atom. The van der Waals surface area contributed by atoms with E-state index in [0.717, 1.165) is 30.0 Å². The van der Waals surface area contributed by atoms with Crippen LogP contribution in [0.25, 0.3) is 11.5 Å². The molecule has 1 saturated carbocycles. The summed E-state index contributed by atoms with van der Waals surface area (Å²) in [5.74, 6) is 1.58. The molecule has 144 valence electrons. The van der Waals surface area contributed by atoms with Gasteiger partial charge in [-0.1, -0.05) is 30.5 Å². The fraction of sp³-hybridized carbons (Fsp3) is 0.391. The number of hydrogen-bond acceptors (Lipinski definition) is 2. The van der Waals surface area contributed by atoms with Crippen molar-refractivity contribution in [3.05, 3.63) is 65.1 Å². The van der Waals surface area contributed by atoms with Crippen LogP contribution < -0.4 is 0 Å². The Hall–Kier alpha value is -2.82. The normalized spacial score (nSPS) is 16.7. The van der Waals surface area contributed by atoms with Crippen molar-refractivity contribution in [1.29, 1.82) is 0 Å².